The first-order chi connectivity index (χ1) is 9.53. The van der Waals surface area contributed by atoms with Crippen LogP contribution < -0.4 is 10.1 Å². The minimum absolute atomic E-state index is 0.298. The van der Waals surface area contributed by atoms with Gasteiger partial charge in [-0.2, -0.15) is 8.78 Å². The predicted molar refractivity (Wildman–Crippen MR) is 77.0 cm³/mol. The molecule has 0 aliphatic rings. The van der Waals surface area contributed by atoms with Crippen LogP contribution in [0.3, 0.4) is 0 Å². The highest BCUT2D eigenvalue weighted by Gasteiger charge is 2.45. The van der Waals surface area contributed by atoms with E-state index < -0.39 is 23.0 Å². The van der Waals surface area contributed by atoms with Crippen molar-refractivity contribution in [1.82, 2.24) is 0 Å². The summed E-state index contributed by atoms with van der Waals surface area (Å²) in [6, 6.07) is 4.14. The molecule has 0 aromatic heterocycles. The van der Waals surface area contributed by atoms with Crippen LogP contribution in [0.25, 0.3) is 0 Å². The fraction of sp³-hybridized carbons (Fsp3) is 0.500. The number of alkyl halides is 3. The Balaban J connectivity index is 2.90. The lowest BCUT2D eigenvalue weighted by atomic mass is 10.2. The summed E-state index contributed by atoms with van der Waals surface area (Å²) in [5.74, 6) is -0.565. The number of benzene rings is 1. The zero-order chi connectivity index (χ0) is 16.3. The van der Waals surface area contributed by atoms with Gasteiger partial charge in [-0.1, -0.05) is 0 Å². The van der Waals surface area contributed by atoms with Crippen molar-refractivity contribution in [3.8, 4) is 5.75 Å². The smallest absolute Gasteiger partial charge is 0.352 e. The first-order valence-corrected chi connectivity index (χ1v) is 6.61. The number of halogens is 3. The molecule has 0 saturated carbocycles. The summed E-state index contributed by atoms with van der Waals surface area (Å²) in [7, 11) is 1.48. The van der Waals surface area contributed by atoms with Crippen LogP contribution >= 0.6 is 11.6 Å². The van der Waals surface area contributed by atoms with Crippen LogP contribution in [0, 0.1) is 0 Å². The van der Waals surface area contributed by atoms with Crippen molar-refractivity contribution in [2.24, 2.45) is 0 Å². The molecule has 0 amide bonds. The molecule has 0 heterocycles. The van der Waals surface area contributed by atoms with Crippen LogP contribution in [0.5, 0.6) is 5.75 Å². The Morgan fingerprint density at radius 1 is 1.24 bits per heavy atom. The molecule has 118 valence electrons. The van der Waals surface area contributed by atoms with E-state index in [9.17, 15) is 13.6 Å². The van der Waals surface area contributed by atoms with Gasteiger partial charge in [-0.3, -0.25) is 0 Å². The maximum atomic E-state index is 13.4. The van der Waals surface area contributed by atoms with E-state index in [2.05, 4.69) is 5.32 Å². The van der Waals surface area contributed by atoms with Crippen LogP contribution in [0.4, 0.5) is 14.5 Å². The topological polar surface area (TPSA) is 47.6 Å². The molecule has 7 heteroatoms. The molecule has 4 nitrogen and oxygen atoms in total. The first kappa shape index (κ1) is 17.5. The third-order valence-corrected chi connectivity index (χ3v) is 2.59. The normalized spacial score (nSPS) is 13.5. The largest absolute Gasteiger partial charge is 0.497 e. The molecule has 1 N–H and O–H groups in total. The molecule has 0 radical (unpaired) electrons. The van der Waals surface area contributed by atoms with Gasteiger partial charge in [-0.15, -0.1) is 0 Å². The molecule has 1 aromatic rings. The van der Waals surface area contributed by atoms with E-state index in [1.807, 2.05) is 0 Å². The third kappa shape index (κ3) is 5.75. The lowest BCUT2D eigenvalue weighted by molar-refractivity contribution is -0.160. The van der Waals surface area contributed by atoms with Crippen molar-refractivity contribution in [2.45, 2.75) is 37.8 Å². The molecule has 1 atom stereocenters. The highest BCUT2D eigenvalue weighted by molar-refractivity contribution is 6.24. The van der Waals surface area contributed by atoms with Gasteiger partial charge in [0.25, 0.3) is 0 Å². The Bertz CT molecular complexity index is 480. The SMILES string of the molecule is COc1ccc(N[C@H](C(=O)OC(C)(C)C)C(F)(F)Cl)cc1. The third-order valence-electron chi connectivity index (χ3n) is 2.37. The number of rotatable bonds is 5. The Hall–Kier alpha value is -1.56. The molecule has 21 heavy (non-hydrogen) atoms. The number of hydrogen-bond donors (Lipinski definition) is 1. The summed E-state index contributed by atoms with van der Waals surface area (Å²) in [6.07, 6.45) is 0. The molecular weight excluding hydrogens is 304 g/mol. The van der Waals surface area contributed by atoms with Gasteiger partial charge in [-0.25, -0.2) is 4.79 Å². The Kier molecular flexibility index (Phi) is 5.39. The Labute approximate surface area is 127 Å². The van der Waals surface area contributed by atoms with Crippen LogP contribution in [-0.4, -0.2) is 30.1 Å². The van der Waals surface area contributed by atoms with Crippen LogP contribution in [-0.2, 0) is 9.53 Å². The Morgan fingerprint density at radius 2 is 1.76 bits per heavy atom. The van der Waals surface area contributed by atoms with Crippen LogP contribution in [0.2, 0.25) is 0 Å². The maximum absolute atomic E-state index is 13.4. The van der Waals surface area contributed by atoms with E-state index >= 15 is 0 Å². The van der Waals surface area contributed by atoms with Gasteiger partial charge in [0.05, 0.1) is 7.11 Å². The predicted octanol–water partition coefficient (Wildman–Crippen LogP) is 3.65. The summed E-state index contributed by atoms with van der Waals surface area (Å²) >= 11 is 5.01. The van der Waals surface area contributed by atoms with Crippen molar-refractivity contribution in [1.29, 1.82) is 0 Å². The minimum atomic E-state index is -3.79. The number of ether oxygens (including phenoxy) is 2. The van der Waals surface area contributed by atoms with Crippen molar-refractivity contribution in [3.63, 3.8) is 0 Å². The number of hydrogen-bond acceptors (Lipinski definition) is 4. The molecule has 0 aliphatic heterocycles. The summed E-state index contributed by atoms with van der Waals surface area (Å²) in [4.78, 5) is 11.9. The quantitative estimate of drug-likeness (QED) is 0.664. The van der Waals surface area contributed by atoms with Crippen molar-refractivity contribution in [2.75, 3.05) is 12.4 Å². The molecular formula is C14H18ClF2NO3. The average molecular weight is 322 g/mol. The lowest BCUT2D eigenvalue weighted by Gasteiger charge is -2.27. The Morgan fingerprint density at radius 3 is 2.14 bits per heavy atom. The zero-order valence-electron chi connectivity index (χ0n) is 12.2. The van der Waals surface area contributed by atoms with Gasteiger partial charge in [-0.05, 0) is 56.6 Å². The van der Waals surface area contributed by atoms with Gasteiger partial charge in [0, 0.05) is 5.69 Å². The molecule has 1 aromatic carbocycles. The maximum Gasteiger partial charge on any atom is 0.352 e. The van der Waals surface area contributed by atoms with Gasteiger partial charge >= 0.3 is 11.4 Å². The van der Waals surface area contributed by atoms with Gasteiger partial charge in [0.1, 0.15) is 11.4 Å². The summed E-state index contributed by atoms with van der Waals surface area (Å²) in [5.41, 5.74) is -0.592. The van der Waals surface area contributed by atoms with Crippen molar-refractivity contribution >= 4 is 23.3 Å². The van der Waals surface area contributed by atoms with E-state index in [1.165, 1.54) is 19.2 Å². The number of carbonyl (C=O) groups is 1. The highest BCUT2D eigenvalue weighted by Crippen LogP contribution is 2.29. The second-order valence-corrected chi connectivity index (χ2v) is 5.88. The molecule has 0 saturated heterocycles. The second kappa shape index (κ2) is 6.47. The number of anilines is 1. The molecule has 0 unspecified atom stereocenters. The fourth-order valence-electron chi connectivity index (χ4n) is 1.49. The van der Waals surface area contributed by atoms with E-state index in [0.717, 1.165) is 0 Å². The molecule has 1 rings (SSSR count). The first-order valence-electron chi connectivity index (χ1n) is 6.23. The van der Waals surface area contributed by atoms with Crippen molar-refractivity contribution < 1.29 is 23.0 Å². The molecule has 0 aliphatic carbocycles. The second-order valence-electron chi connectivity index (χ2n) is 5.38. The molecule has 0 spiro atoms. The average Bonchev–Trinajstić information content (AvgIpc) is 2.33. The number of methoxy groups -OCH3 is 1. The van der Waals surface area contributed by atoms with E-state index in [0.29, 0.717) is 11.4 Å². The van der Waals surface area contributed by atoms with Crippen molar-refractivity contribution in [3.05, 3.63) is 24.3 Å². The van der Waals surface area contributed by atoms with Gasteiger partial charge in [0.15, 0.2) is 0 Å². The van der Waals surface area contributed by atoms with Crippen LogP contribution in [0.1, 0.15) is 20.8 Å². The van der Waals surface area contributed by atoms with Gasteiger partial charge in [0.2, 0.25) is 6.04 Å². The van der Waals surface area contributed by atoms with E-state index in [4.69, 9.17) is 21.1 Å². The molecule has 0 bridgehead atoms. The summed E-state index contributed by atoms with van der Waals surface area (Å²) < 4.78 is 36.8. The monoisotopic (exact) mass is 321 g/mol. The molecule has 0 fully saturated rings. The standard InChI is InChI=1S/C14H18ClF2NO3/c1-13(2,3)21-12(19)11(14(15,16)17)18-9-5-7-10(20-4)8-6-9/h5-8,11,18H,1-4H3/t11-/m1/s1. The minimum Gasteiger partial charge on any atom is -0.497 e. The number of nitrogens with one attached hydrogen (secondary N) is 1. The summed E-state index contributed by atoms with van der Waals surface area (Å²) in [5, 5.41) is -1.41. The lowest BCUT2D eigenvalue weighted by Crippen LogP contribution is -2.45. The summed E-state index contributed by atoms with van der Waals surface area (Å²) in [6.45, 7) is 4.76. The number of esters is 1. The highest BCUT2D eigenvalue weighted by atomic mass is 35.5. The number of carbonyl (C=O) groups excluding carboxylic acids is 1. The van der Waals surface area contributed by atoms with E-state index in [1.54, 1.807) is 32.9 Å². The van der Waals surface area contributed by atoms with Gasteiger partial charge < -0.3 is 14.8 Å². The van der Waals surface area contributed by atoms with Crippen LogP contribution in [0.15, 0.2) is 24.3 Å². The zero-order valence-corrected chi connectivity index (χ0v) is 13.0. The van der Waals surface area contributed by atoms with E-state index in [-0.39, 0.29) is 0 Å². The fourth-order valence-corrected chi connectivity index (χ4v) is 1.63.